The van der Waals surface area contributed by atoms with Gasteiger partial charge in [0.25, 0.3) is 0 Å². The molecule has 1 aromatic carbocycles. The fraction of sp³-hybridized carbons (Fsp3) is 0.500. The van der Waals surface area contributed by atoms with E-state index in [9.17, 15) is 9.18 Å². The third-order valence-corrected chi connectivity index (χ3v) is 2.57. The van der Waals surface area contributed by atoms with Crippen LogP contribution in [0, 0.1) is 0 Å². The van der Waals surface area contributed by atoms with Crippen molar-refractivity contribution in [3.8, 4) is 5.75 Å². The highest BCUT2D eigenvalue weighted by Crippen LogP contribution is 2.13. The number of benzene rings is 1. The maximum absolute atomic E-state index is 13.4. The number of ether oxygens (including phenoxy) is 1. The van der Waals surface area contributed by atoms with E-state index in [1.807, 2.05) is 0 Å². The molecular formula is C14H19FO2. The second-order valence-corrected chi connectivity index (χ2v) is 4.09. The minimum Gasteiger partial charge on any atom is -0.491 e. The molecule has 1 atom stereocenters. The number of unbranched alkanes of at least 4 members (excludes halogenated alkanes) is 2. The highest BCUT2D eigenvalue weighted by Gasteiger charge is 2.06. The number of halogens is 1. The molecule has 17 heavy (non-hydrogen) atoms. The largest absolute Gasteiger partial charge is 0.491 e. The van der Waals surface area contributed by atoms with Crippen molar-refractivity contribution in [1.82, 2.24) is 0 Å². The molecule has 0 N–H and O–H groups in total. The Morgan fingerprint density at radius 2 is 2.00 bits per heavy atom. The average Bonchev–Trinajstić information content (AvgIpc) is 2.37. The fourth-order valence-corrected chi connectivity index (χ4v) is 1.53. The Kier molecular flexibility index (Phi) is 6.30. The molecule has 2 nitrogen and oxygen atoms in total. The van der Waals surface area contributed by atoms with E-state index in [1.54, 1.807) is 24.3 Å². The monoisotopic (exact) mass is 238 g/mol. The number of hydrogen-bond acceptors (Lipinski definition) is 2. The van der Waals surface area contributed by atoms with Crippen LogP contribution in [0.1, 0.15) is 43.0 Å². The Morgan fingerprint density at radius 3 is 2.59 bits per heavy atom. The van der Waals surface area contributed by atoms with Gasteiger partial charge in [0.05, 0.1) is 0 Å². The Morgan fingerprint density at radius 1 is 1.29 bits per heavy atom. The number of hydrogen-bond donors (Lipinski definition) is 0. The Labute approximate surface area is 102 Å². The zero-order chi connectivity index (χ0) is 12.5. The number of alkyl halides is 1. The fourth-order valence-electron chi connectivity index (χ4n) is 1.53. The van der Waals surface area contributed by atoms with E-state index in [2.05, 4.69) is 6.92 Å². The van der Waals surface area contributed by atoms with Gasteiger partial charge in [-0.2, -0.15) is 0 Å². The minimum absolute atomic E-state index is 0.0875. The lowest BCUT2D eigenvalue weighted by atomic mass is 10.1. The van der Waals surface area contributed by atoms with Gasteiger partial charge in [-0.15, -0.1) is 0 Å². The normalized spacial score (nSPS) is 12.1. The second kappa shape index (κ2) is 7.82. The summed E-state index contributed by atoms with van der Waals surface area (Å²) in [6.45, 7) is 2.18. The summed E-state index contributed by atoms with van der Waals surface area (Å²) in [5, 5.41) is 0. The maximum atomic E-state index is 13.4. The summed E-state index contributed by atoms with van der Waals surface area (Å²) in [4.78, 5) is 10.4. The van der Waals surface area contributed by atoms with Gasteiger partial charge in [-0.3, -0.25) is 4.79 Å². The molecule has 0 amide bonds. The van der Waals surface area contributed by atoms with Gasteiger partial charge in [0, 0.05) is 5.56 Å². The van der Waals surface area contributed by atoms with E-state index in [1.165, 1.54) is 0 Å². The van der Waals surface area contributed by atoms with Crippen LogP contribution >= 0.6 is 0 Å². The van der Waals surface area contributed by atoms with Crippen molar-refractivity contribution < 1.29 is 13.9 Å². The number of rotatable bonds is 8. The van der Waals surface area contributed by atoms with Crippen molar-refractivity contribution in [3.63, 3.8) is 0 Å². The van der Waals surface area contributed by atoms with Gasteiger partial charge in [-0.05, 0) is 30.7 Å². The van der Waals surface area contributed by atoms with Crippen LogP contribution in [-0.2, 0) is 0 Å². The first kappa shape index (κ1) is 13.7. The molecule has 0 radical (unpaired) electrons. The third-order valence-electron chi connectivity index (χ3n) is 2.57. The summed E-state index contributed by atoms with van der Waals surface area (Å²) in [5.41, 5.74) is 0.595. The molecule has 0 fully saturated rings. The van der Waals surface area contributed by atoms with Crippen molar-refractivity contribution >= 4 is 6.29 Å². The van der Waals surface area contributed by atoms with E-state index in [-0.39, 0.29) is 6.61 Å². The quantitative estimate of drug-likeness (QED) is 0.508. The molecule has 1 unspecified atom stereocenters. The minimum atomic E-state index is -0.910. The first-order valence-electron chi connectivity index (χ1n) is 6.08. The lowest BCUT2D eigenvalue weighted by Gasteiger charge is -2.10. The summed E-state index contributed by atoms with van der Waals surface area (Å²) in [5.74, 6) is 0.605. The van der Waals surface area contributed by atoms with Crippen LogP contribution in [0.15, 0.2) is 24.3 Å². The molecule has 1 aromatic rings. The number of aldehydes is 1. The van der Waals surface area contributed by atoms with Crippen molar-refractivity contribution in [1.29, 1.82) is 0 Å². The topological polar surface area (TPSA) is 26.3 Å². The zero-order valence-corrected chi connectivity index (χ0v) is 10.2. The summed E-state index contributed by atoms with van der Waals surface area (Å²) < 4.78 is 18.7. The van der Waals surface area contributed by atoms with Crippen LogP contribution in [0.5, 0.6) is 5.75 Å². The zero-order valence-electron chi connectivity index (χ0n) is 10.2. The predicted molar refractivity (Wildman–Crippen MR) is 66.4 cm³/mol. The smallest absolute Gasteiger partial charge is 0.150 e. The van der Waals surface area contributed by atoms with Gasteiger partial charge in [-0.1, -0.05) is 26.2 Å². The van der Waals surface area contributed by atoms with Crippen molar-refractivity contribution in [2.24, 2.45) is 0 Å². The van der Waals surface area contributed by atoms with Crippen molar-refractivity contribution in [3.05, 3.63) is 29.8 Å². The summed E-state index contributed by atoms with van der Waals surface area (Å²) in [6, 6.07) is 6.68. The van der Waals surface area contributed by atoms with Crippen LogP contribution in [0.4, 0.5) is 4.39 Å². The summed E-state index contributed by atoms with van der Waals surface area (Å²) in [7, 11) is 0. The van der Waals surface area contributed by atoms with E-state index in [4.69, 9.17) is 4.74 Å². The van der Waals surface area contributed by atoms with Gasteiger partial charge in [-0.25, -0.2) is 4.39 Å². The molecule has 0 heterocycles. The highest BCUT2D eigenvalue weighted by molar-refractivity contribution is 5.74. The van der Waals surface area contributed by atoms with E-state index >= 15 is 0 Å². The SMILES string of the molecule is CCCCCC(F)COc1ccc(C=O)cc1. The number of carbonyl (C=O) groups is 1. The Bertz CT molecular complexity index is 321. The molecule has 0 bridgehead atoms. The van der Waals surface area contributed by atoms with E-state index < -0.39 is 6.17 Å². The molecule has 0 aromatic heterocycles. The predicted octanol–water partition coefficient (Wildman–Crippen LogP) is 3.80. The lowest BCUT2D eigenvalue weighted by molar-refractivity contribution is 0.112. The van der Waals surface area contributed by atoms with Gasteiger partial charge in [0.15, 0.2) is 0 Å². The molecule has 0 aliphatic rings. The summed E-state index contributed by atoms with van der Waals surface area (Å²) >= 11 is 0. The van der Waals surface area contributed by atoms with Crippen LogP contribution in [0.25, 0.3) is 0 Å². The van der Waals surface area contributed by atoms with Crippen LogP contribution < -0.4 is 4.74 Å². The van der Waals surface area contributed by atoms with Gasteiger partial charge < -0.3 is 4.74 Å². The molecular weight excluding hydrogens is 219 g/mol. The van der Waals surface area contributed by atoms with E-state index in [0.717, 1.165) is 25.5 Å². The van der Waals surface area contributed by atoms with Gasteiger partial charge in [0.2, 0.25) is 0 Å². The summed E-state index contributed by atoms with van der Waals surface area (Å²) in [6.07, 6.45) is 3.49. The Hall–Kier alpha value is -1.38. The van der Waals surface area contributed by atoms with Crippen LogP contribution in [-0.4, -0.2) is 19.1 Å². The molecule has 1 rings (SSSR count). The third kappa shape index (κ3) is 5.48. The van der Waals surface area contributed by atoms with Crippen LogP contribution in [0.3, 0.4) is 0 Å². The molecule has 94 valence electrons. The molecule has 3 heteroatoms. The average molecular weight is 238 g/mol. The maximum Gasteiger partial charge on any atom is 0.150 e. The second-order valence-electron chi connectivity index (χ2n) is 4.09. The molecule has 0 aliphatic heterocycles. The molecule has 0 saturated carbocycles. The van der Waals surface area contributed by atoms with Gasteiger partial charge in [0.1, 0.15) is 24.8 Å². The first-order chi connectivity index (χ1) is 8.26. The molecule has 0 aliphatic carbocycles. The first-order valence-corrected chi connectivity index (χ1v) is 6.08. The van der Waals surface area contributed by atoms with Crippen LogP contribution in [0.2, 0.25) is 0 Å². The van der Waals surface area contributed by atoms with Crippen molar-refractivity contribution in [2.45, 2.75) is 38.8 Å². The molecule has 0 spiro atoms. The number of carbonyl (C=O) groups excluding carboxylic acids is 1. The Balaban J connectivity index is 2.26. The standard InChI is InChI=1S/C14H19FO2/c1-2-3-4-5-13(15)11-17-14-8-6-12(10-16)7-9-14/h6-10,13H,2-5,11H2,1H3. The highest BCUT2D eigenvalue weighted by atomic mass is 19.1. The lowest BCUT2D eigenvalue weighted by Crippen LogP contribution is -2.12. The van der Waals surface area contributed by atoms with E-state index in [0.29, 0.717) is 17.7 Å². The van der Waals surface area contributed by atoms with Gasteiger partial charge >= 0.3 is 0 Å². The molecule has 0 saturated heterocycles. The van der Waals surface area contributed by atoms with Crippen molar-refractivity contribution in [2.75, 3.05) is 6.61 Å².